The summed E-state index contributed by atoms with van der Waals surface area (Å²) in [4.78, 5) is 12.4. The fraction of sp³-hybridized carbons (Fsp3) is 0.318. The van der Waals surface area contributed by atoms with E-state index in [-0.39, 0.29) is 24.3 Å². The van der Waals surface area contributed by atoms with Gasteiger partial charge in [-0.1, -0.05) is 54.2 Å². The van der Waals surface area contributed by atoms with E-state index in [9.17, 15) is 4.79 Å². The number of hydrogen-bond acceptors (Lipinski definition) is 6. The molecule has 1 heterocycles. The monoisotopic (exact) mass is 426 g/mol. The van der Waals surface area contributed by atoms with Crippen LogP contribution in [0.25, 0.3) is 0 Å². The van der Waals surface area contributed by atoms with Crippen molar-refractivity contribution in [3.63, 3.8) is 0 Å². The SMILES string of the molecule is CCn1c(COc2ccccc2OC)nnc1SCC(=O)NC(C)c1ccccc1. The molecule has 2 aromatic carbocycles. The molecule has 158 valence electrons. The van der Waals surface area contributed by atoms with Crippen LogP contribution in [0.2, 0.25) is 0 Å². The van der Waals surface area contributed by atoms with Gasteiger partial charge >= 0.3 is 0 Å². The van der Waals surface area contributed by atoms with Gasteiger partial charge in [0, 0.05) is 6.54 Å². The van der Waals surface area contributed by atoms with Crippen LogP contribution in [0, 0.1) is 0 Å². The first kappa shape index (κ1) is 21.7. The standard InChI is InChI=1S/C22H26N4O3S/c1-4-26-20(14-29-19-13-9-8-12-18(19)28-3)24-25-22(26)30-15-21(27)23-16(2)17-10-6-5-7-11-17/h5-13,16H,4,14-15H2,1-3H3,(H,23,27). The predicted octanol–water partition coefficient (Wildman–Crippen LogP) is 3.86. The second kappa shape index (κ2) is 10.7. The number of benzene rings is 2. The zero-order valence-electron chi connectivity index (χ0n) is 17.4. The predicted molar refractivity (Wildman–Crippen MR) is 117 cm³/mol. The van der Waals surface area contributed by atoms with Gasteiger partial charge in [-0.2, -0.15) is 0 Å². The van der Waals surface area contributed by atoms with E-state index in [2.05, 4.69) is 15.5 Å². The lowest BCUT2D eigenvalue weighted by molar-refractivity contribution is -0.119. The molecule has 3 aromatic rings. The van der Waals surface area contributed by atoms with Gasteiger partial charge < -0.3 is 19.4 Å². The number of methoxy groups -OCH3 is 1. The van der Waals surface area contributed by atoms with Crippen molar-refractivity contribution in [2.75, 3.05) is 12.9 Å². The lowest BCUT2D eigenvalue weighted by atomic mass is 10.1. The summed E-state index contributed by atoms with van der Waals surface area (Å²) in [6.07, 6.45) is 0. The molecule has 0 aliphatic carbocycles. The number of carbonyl (C=O) groups excluding carboxylic acids is 1. The molecular weight excluding hydrogens is 400 g/mol. The van der Waals surface area contributed by atoms with Gasteiger partial charge in [-0.25, -0.2) is 0 Å². The average molecular weight is 427 g/mol. The molecule has 1 amide bonds. The van der Waals surface area contributed by atoms with E-state index >= 15 is 0 Å². The second-order valence-corrected chi connectivity index (χ2v) is 7.51. The summed E-state index contributed by atoms with van der Waals surface area (Å²) >= 11 is 1.36. The maximum absolute atomic E-state index is 12.4. The molecule has 1 N–H and O–H groups in total. The van der Waals surface area contributed by atoms with Gasteiger partial charge in [0.25, 0.3) is 0 Å². The number of carbonyl (C=O) groups is 1. The number of rotatable bonds is 10. The van der Waals surface area contributed by atoms with Crippen LogP contribution in [-0.4, -0.2) is 33.5 Å². The molecule has 8 heteroatoms. The van der Waals surface area contributed by atoms with E-state index in [1.165, 1.54) is 11.8 Å². The first-order chi connectivity index (χ1) is 14.6. The summed E-state index contributed by atoms with van der Waals surface area (Å²) in [6, 6.07) is 17.3. The largest absolute Gasteiger partial charge is 0.493 e. The van der Waals surface area contributed by atoms with Gasteiger partial charge in [0.05, 0.1) is 18.9 Å². The van der Waals surface area contributed by atoms with Crippen LogP contribution in [0.4, 0.5) is 0 Å². The van der Waals surface area contributed by atoms with Crippen LogP contribution < -0.4 is 14.8 Å². The van der Waals surface area contributed by atoms with E-state index in [0.717, 1.165) is 5.56 Å². The molecule has 1 unspecified atom stereocenters. The first-order valence-corrected chi connectivity index (χ1v) is 10.8. The minimum atomic E-state index is -0.0480. The fourth-order valence-electron chi connectivity index (χ4n) is 2.97. The van der Waals surface area contributed by atoms with Crippen molar-refractivity contribution in [3.8, 4) is 11.5 Å². The Hall–Kier alpha value is -3.00. The highest BCUT2D eigenvalue weighted by Gasteiger charge is 2.15. The second-order valence-electron chi connectivity index (χ2n) is 6.57. The summed E-state index contributed by atoms with van der Waals surface area (Å²) in [7, 11) is 1.61. The number of aromatic nitrogens is 3. The van der Waals surface area contributed by atoms with Crippen molar-refractivity contribution in [2.45, 2.75) is 38.2 Å². The molecule has 3 rings (SSSR count). The molecule has 1 aromatic heterocycles. The Morgan fingerprint density at radius 1 is 1.10 bits per heavy atom. The zero-order valence-corrected chi connectivity index (χ0v) is 18.2. The van der Waals surface area contributed by atoms with E-state index in [1.807, 2.05) is 73.0 Å². The quantitative estimate of drug-likeness (QED) is 0.496. The number of para-hydroxylation sites is 2. The number of amides is 1. The van der Waals surface area contributed by atoms with Crippen LogP contribution in [0.15, 0.2) is 59.8 Å². The molecule has 0 aliphatic heterocycles. The van der Waals surface area contributed by atoms with Crippen LogP contribution in [-0.2, 0) is 17.9 Å². The molecule has 0 radical (unpaired) electrons. The van der Waals surface area contributed by atoms with Gasteiger partial charge in [-0.15, -0.1) is 10.2 Å². The number of thioether (sulfide) groups is 1. The van der Waals surface area contributed by atoms with Gasteiger partial charge in [0.15, 0.2) is 22.5 Å². The van der Waals surface area contributed by atoms with Crippen LogP contribution in [0.1, 0.15) is 31.3 Å². The Kier molecular flexibility index (Phi) is 7.73. The van der Waals surface area contributed by atoms with Gasteiger partial charge in [-0.05, 0) is 31.5 Å². The zero-order chi connectivity index (χ0) is 21.3. The lowest BCUT2D eigenvalue weighted by Gasteiger charge is -2.14. The third-order valence-electron chi connectivity index (χ3n) is 4.54. The summed E-state index contributed by atoms with van der Waals surface area (Å²) in [5, 5.41) is 12.2. The van der Waals surface area contributed by atoms with Crippen molar-refractivity contribution in [2.24, 2.45) is 0 Å². The summed E-state index contributed by atoms with van der Waals surface area (Å²) in [5.74, 6) is 2.23. The average Bonchev–Trinajstić information content (AvgIpc) is 3.18. The Labute approximate surface area is 180 Å². The Bertz CT molecular complexity index is 962. The molecule has 0 spiro atoms. The normalized spacial score (nSPS) is 11.7. The molecule has 30 heavy (non-hydrogen) atoms. The maximum Gasteiger partial charge on any atom is 0.230 e. The summed E-state index contributed by atoms with van der Waals surface area (Å²) < 4.78 is 13.1. The van der Waals surface area contributed by atoms with Crippen LogP contribution in [0.5, 0.6) is 11.5 Å². The molecule has 7 nitrogen and oxygen atoms in total. The summed E-state index contributed by atoms with van der Waals surface area (Å²) in [6.45, 7) is 4.93. The molecule has 0 saturated carbocycles. The number of nitrogens with zero attached hydrogens (tertiary/aromatic N) is 3. The fourth-order valence-corrected chi connectivity index (χ4v) is 3.80. The smallest absolute Gasteiger partial charge is 0.230 e. The number of ether oxygens (including phenoxy) is 2. The minimum absolute atomic E-state index is 0.0474. The van der Waals surface area contributed by atoms with Gasteiger partial charge in [0.1, 0.15) is 6.61 Å². The van der Waals surface area contributed by atoms with Crippen molar-refractivity contribution in [1.29, 1.82) is 0 Å². The first-order valence-electron chi connectivity index (χ1n) is 9.77. The highest BCUT2D eigenvalue weighted by Crippen LogP contribution is 2.27. The highest BCUT2D eigenvalue weighted by molar-refractivity contribution is 7.99. The van der Waals surface area contributed by atoms with E-state index in [4.69, 9.17) is 9.47 Å². The Morgan fingerprint density at radius 3 is 2.50 bits per heavy atom. The Morgan fingerprint density at radius 2 is 1.80 bits per heavy atom. The van der Waals surface area contributed by atoms with E-state index < -0.39 is 0 Å². The minimum Gasteiger partial charge on any atom is -0.493 e. The summed E-state index contributed by atoms with van der Waals surface area (Å²) in [5.41, 5.74) is 1.07. The third kappa shape index (κ3) is 5.54. The number of nitrogens with one attached hydrogen (secondary N) is 1. The number of hydrogen-bond donors (Lipinski definition) is 1. The highest BCUT2D eigenvalue weighted by atomic mass is 32.2. The van der Waals surface area contributed by atoms with E-state index in [1.54, 1.807) is 7.11 Å². The van der Waals surface area contributed by atoms with Crippen molar-refractivity contribution < 1.29 is 14.3 Å². The topological polar surface area (TPSA) is 78.3 Å². The molecule has 0 aliphatic rings. The van der Waals surface area contributed by atoms with Gasteiger partial charge in [0.2, 0.25) is 5.91 Å². The Balaban J connectivity index is 1.57. The lowest BCUT2D eigenvalue weighted by Crippen LogP contribution is -2.28. The third-order valence-corrected chi connectivity index (χ3v) is 5.51. The molecule has 0 bridgehead atoms. The van der Waals surface area contributed by atoms with E-state index in [0.29, 0.717) is 29.0 Å². The molecule has 0 saturated heterocycles. The van der Waals surface area contributed by atoms with Crippen molar-refractivity contribution in [3.05, 3.63) is 66.0 Å². The van der Waals surface area contributed by atoms with Crippen LogP contribution >= 0.6 is 11.8 Å². The molecule has 1 atom stereocenters. The molecule has 0 fully saturated rings. The van der Waals surface area contributed by atoms with Crippen molar-refractivity contribution >= 4 is 17.7 Å². The van der Waals surface area contributed by atoms with Gasteiger partial charge in [-0.3, -0.25) is 4.79 Å². The van der Waals surface area contributed by atoms with Crippen LogP contribution in [0.3, 0.4) is 0 Å². The maximum atomic E-state index is 12.4. The van der Waals surface area contributed by atoms with Crippen molar-refractivity contribution in [1.82, 2.24) is 20.1 Å². The molecular formula is C22H26N4O3S.